The highest BCUT2D eigenvalue weighted by Gasteiger charge is 2.27. The predicted molar refractivity (Wildman–Crippen MR) is 52.5 cm³/mol. The largest absolute Gasteiger partial charge is 0.347 e. The molecule has 0 radical (unpaired) electrons. The Balaban J connectivity index is 2.51. The molecule has 1 aliphatic rings. The van der Waals surface area contributed by atoms with Gasteiger partial charge in [-0.15, -0.1) is 0 Å². The fourth-order valence-electron chi connectivity index (χ4n) is 1.43. The van der Waals surface area contributed by atoms with Crippen LogP contribution < -0.4 is 5.73 Å². The lowest BCUT2D eigenvalue weighted by Gasteiger charge is -2.30. The summed E-state index contributed by atoms with van der Waals surface area (Å²) >= 11 is 0. The van der Waals surface area contributed by atoms with Crippen LogP contribution in [0.3, 0.4) is 0 Å². The molecule has 0 aliphatic carbocycles. The average Bonchev–Trinajstić information content (AvgIpc) is 2.12. The molecular weight excluding hydrogens is 182 g/mol. The molecule has 2 amide bonds. The first kappa shape index (κ1) is 11.0. The lowest BCUT2D eigenvalue weighted by molar-refractivity contribution is -0.141. The molecule has 0 aromatic heterocycles. The van der Waals surface area contributed by atoms with Gasteiger partial charge in [0.15, 0.2) is 0 Å². The fourth-order valence-corrected chi connectivity index (χ4v) is 1.43. The summed E-state index contributed by atoms with van der Waals surface area (Å²) in [4.78, 5) is 25.9. The Morgan fingerprint density at radius 2 is 2.29 bits per heavy atom. The molecule has 0 unspecified atom stereocenters. The van der Waals surface area contributed by atoms with Gasteiger partial charge in [-0.25, -0.2) is 0 Å². The summed E-state index contributed by atoms with van der Waals surface area (Å²) < 4.78 is 0. The number of piperidine rings is 1. The maximum absolute atomic E-state index is 11.5. The summed E-state index contributed by atoms with van der Waals surface area (Å²) in [5.74, 6) is -0.168. The van der Waals surface area contributed by atoms with Gasteiger partial charge in [-0.1, -0.05) is 0 Å². The van der Waals surface area contributed by atoms with Gasteiger partial charge in [-0.2, -0.15) is 0 Å². The Bertz CT molecular complexity index is 240. The summed E-state index contributed by atoms with van der Waals surface area (Å²) in [5.41, 5.74) is 5.60. The van der Waals surface area contributed by atoms with Crippen molar-refractivity contribution >= 4 is 11.8 Å². The Morgan fingerprint density at radius 1 is 1.64 bits per heavy atom. The highest BCUT2D eigenvalue weighted by atomic mass is 16.2. The second kappa shape index (κ2) is 4.41. The molecule has 14 heavy (non-hydrogen) atoms. The van der Waals surface area contributed by atoms with Crippen molar-refractivity contribution in [1.29, 1.82) is 0 Å². The number of carbonyl (C=O) groups excluding carboxylic acids is 2. The molecule has 0 spiro atoms. The van der Waals surface area contributed by atoms with E-state index in [-0.39, 0.29) is 18.4 Å². The van der Waals surface area contributed by atoms with E-state index in [1.54, 1.807) is 14.1 Å². The monoisotopic (exact) mass is 199 g/mol. The van der Waals surface area contributed by atoms with E-state index in [9.17, 15) is 9.59 Å². The van der Waals surface area contributed by atoms with Gasteiger partial charge < -0.3 is 15.5 Å². The molecule has 0 aromatic rings. The van der Waals surface area contributed by atoms with Crippen LogP contribution in [0.5, 0.6) is 0 Å². The van der Waals surface area contributed by atoms with Crippen LogP contribution in [0.4, 0.5) is 0 Å². The zero-order chi connectivity index (χ0) is 10.7. The number of amides is 2. The molecule has 1 fully saturated rings. The number of carbonyl (C=O) groups is 2. The molecule has 5 heteroatoms. The van der Waals surface area contributed by atoms with E-state index in [0.29, 0.717) is 6.54 Å². The summed E-state index contributed by atoms with van der Waals surface area (Å²) in [7, 11) is 3.35. The van der Waals surface area contributed by atoms with Crippen molar-refractivity contribution < 1.29 is 9.59 Å². The standard InChI is InChI=1S/C9H17N3O2/c1-11(2)8(13)6-12-5-3-4-7(10)9(12)14/h7H,3-6,10H2,1-2H3/t7-/m1/s1. The van der Waals surface area contributed by atoms with Crippen LogP contribution in [0.2, 0.25) is 0 Å². The number of rotatable bonds is 2. The van der Waals surface area contributed by atoms with Crippen LogP contribution in [0.25, 0.3) is 0 Å². The molecular formula is C9H17N3O2. The fraction of sp³-hybridized carbons (Fsp3) is 0.778. The molecule has 0 saturated carbocycles. The molecule has 1 aliphatic heterocycles. The first-order chi connectivity index (χ1) is 6.52. The summed E-state index contributed by atoms with van der Waals surface area (Å²) in [6.45, 7) is 0.797. The third-order valence-electron chi connectivity index (χ3n) is 2.40. The van der Waals surface area contributed by atoms with Gasteiger partial charge in [0.2, 0.25) is 11.8 Å². The van der Waals surface area contributed by atoms with Crippen LogP contribution in [-0.2, 0) is 9.59 Å². The van der Waals surface area contributed by atoms with Crippen molar-refractivity contribution in [2.45, 2.75) is 18.9 Å². The predicted octanol–water partition coefficient (Wildman–Crippen LogP) is -0.976. The molecule has 0 bridgehead atoms. The van der Waals surface area contributed by atoms with E-state index in [4.69, 9.17) is 5.73 Å². The Hall–Kier alpha value is -1.10. The molecule has 80 valence electrons. The number of nitrogens with zero attached hydrogens (tertiary/aromatic N) is 2. The lowest BCUT2D eigenvalue weighted by Crippen LogP contribution is -2.51. The van der Waals surface area contributed by atoms with Gasteiger partial charge in [0.1, 0.15) is 0 Å². The molecule has 0 aromatic carbocycles. The zero-order valence-electron chi connectivity index (χ0n) is 8.69. The van der Waals surface area contributed by atoms with Crippen LogP contribution in [-0.4, -0.2) is 54.8 Å². The molecule has 5 nitrogen and oxygen atoms in total. The van der Waals surface area contributed by atoms with Crippen molar-refractivity contribution in [3.8, 4) is 0 Å². The van der Waals surface area contributed by atoms with Crippen molar-refractivity contribution in [2.24, 2.45) is 5.73 Å². The minimum absolute atomic E-state index is 0.0625. The maximum atomic E-state index is 11.5. The first-order valence-corrected chi connectivity index (χ1v) is 4.77. The van der Waals surface area contributed by atoms with Crippen LogP contribution in [0.1, 0.15) is 12.8 Å². The van der Waals surface area contributed by atoms with Gasteiger partial charge in [0.05, 0.1) is 12.6 Å². The lowest BCUT2D eigenvalue weighted by atomic mass is 10.1. The highest BCUT2D eigenvalue weighted by Crippen LogP contribution is 2.09. The summed E-state index contributed by atoms with van der Waals surface area (Å²) in [6.07, 6.45) is 1.61. The van der Waals surface area contributed by atoms with Gasteiger partial charge in [0.25, 0.3) is 0 Å². The van der Waals surface area contributed by atoms with Crippen LogP contribution in [0, 0.1) is 0 Å². The smallest absolute Gasteiger partial charge is 0.241 e. The van der Waals surface area contributed by atoms with Crippen molar-refractivity contribution in [3.05, 3.63) is 0 Å². The minimum Gasteiger partial charge on any atom is -0.347 e. The van der Waals surface area contributed by atoms with Gasteiger partial charge in [-0.3, -0.25) is 9.59 Å². The van der Waals surface area contributed by atoms with Crippen LogP contribution >= 0.6 is 0 Å². The van der Waals surface area contributed by atoms with Gasteiger partial charge >= 0.3 is 0 Å². The van der Waals surface area contributed by atoms with Crippen LogP contribution in [0.15, 0.2) is 0 Å². The molecule has 1 rings (SSSR count). The highest BCUT2D eigenvalue weighted by molar-refractivity contribution is 5.87. The quantitative estimate of drug-likeness (QED) is 0.622. The van der Waals surface area contributed by atoms with Gasteiger partial charge in [0, 0.05) is 20.6 Å². The number of nitrogens with two attached hydrogens (primary N) is 1. The van der Waals surface area contributed by atoms with E-state index >= 15 is 0 Å². The Morgan fingerprint density at radius 3 is 2.86 bits per heavy atom. The SMILES string of the molecule is CN(C)C(=O)CN1CCC[C@@H](N)C1=O. The first-order valence-electron chi connectivity index (χ1n) is 4.77. The third kappa shape index (κ3) is 2.45. The summed E-state index contributed by atoms with van der Waals surface area (Å²) in [5, 5.41) is 0. The van der Waals surface area contributed by atoms with E-state index < -0.39 is 6.04 Å². The second-order valence-corrected chi connectivity index (χ2v) is 3.80. The molecule has 1 saturated heterocycles. The number of hydrogen-bond acceptors (Lipinski definition) is 3. The third-order valence-corrected chi connectivity index (χ3v) is 2.40. The molecule has 1 atom stereocenters. The topological polar surface area (TPSA) is 66.6 Å². The second-order valence-electron chi connectivity index (χ2n) is 3.80. The number of likely N-dealkylation sites (N-methyl/N-ethyl adjacent to an activating group) is 1. The Labute approximate surface area is 83.8 Å². The van der Waals surface area contributed by atoms with Crippen molar-refractivity contribution in [3.63, 3.8) is 0 Å². The van der Waals surface area contributed by atoms with E-state index in [1.165, 1.54) is 9.80 Å². The molecule has 2 N–H and O–H groups in total. The normalized spacial score (nSPS) is 22.4. The van der Waals surface area contributed by atoms with Crippen molar-refractivity contribution in [2.75, 3.05) is 27.2 Å². The maximum Gasteiger partial charge on any atom is 0.241 e. The van der Waals surface area contributed by atoms with E-state index in [1.807, 2.05) is 0 Å². The average molecular weight is 199 g/mol. The number of hydrogen-bond donors (Lipinski definition) is 1. The zero-order valence-corrected chi connectivity index (χ0v) is 8.69. The molecule has 1 heterocycles. The van der Waals surface area contributed by atoms with E-state index in [2.05, 4.69) is 0 Å². The van der Waals surface area contributed by atoms with E-state index in [0.717, 1.165) is 12.8 Å². The Kier molecular flexibility index (Phi) is 3.46. The van der Waals surface area contributed by atoms with Crippen molar-refractivity contribution in [1.82, 2.24) is 9.80 Å². The summed E-state index contributed by atoms with van der Waals surface area (Å²) in [6, 6.07) is -0.418. The van der Waals surface area contributed by atoms with Gasteiger partial charge in [-0.05, 0) is 12.8 Å². The minimum atomic E-state index is -0.418. The number of likely N-dealkylation sites (tertiary alicyclic amines) is 1.